The maximum Gasteiger partial charge on any atom is 0.263 e. The van der Waals surface area contributed by atoms with Crippen molar-refractivity contribution in [2.75, 3.05) is 4.72 Å². The molecule has 2 aromatic carbocycles. The lowest BCUT2D eigenvalue weighted by Gasteiger charge is -2.13. The van der Waals surface area contributed by atoms with Gasteiger partial charge in [0, 0.05) is 18.8 Å². The predicted molar refractivity (Wildman–Crippen MR) is 108 cm³/mol. The molecule has 12 heteroatoms. The van der Waals surface area contributed by atoms with Crippen LogP contribution in [0.1, 0.15) is 0 Å². The Bertz CT molecular complexity index is 1370. The second-order valence-electron chi connectivity index (χ2n) is 6.25. The van der Waals surface area contributed by atoms with Crippen molar-refractivity contribution in [1.29, 1.82) is 0 Å². The van der Waals surface area contributed by atoms with Gasteiger partial charge in [0.2, 0.25) is 0 Å². The monoisotopic (exact) mass is 466 g/mol. The van der Waals surface area contributed by atoms with Crippen molar-refractivity contribution in [2.24, 2.45) is 7.05 Å². The Labute approximate surface area is 178 Å². The van der Waals surface area contributed by atoms with Crippen molar-refractivity contribution in [2.45, 2.75) is 4.90 Å². The summed E-state index contributed by atoms with van der Waals surface area (Å²) >= 11 is 0.497. The summed E-state index contributed by atoms with van der Waals surface area (Å²) in [5.74, 6) is -1.60. The van der Waals surface area contributed by atoms with Gasteiger partial charge in [-0.05, 0) is 42.5 Å². The lowest BCUT2D eigenvalue weighted by molar-refractivity contribution is 0.440. The first-order chi connectivity index (χ1) is 14.7. The highest BCUT2D eigenvalue weighted by Gasteiger charge is 2.20. The van der Waals surface area contributed by atoms with E-state index in [0.29, 0.717) is 22.6 Å². The fraction of sp³-hybridized carbons (Fsp3) is 0.0526. The maximum absolute atomic E-state index is 14.7. The van der Waals surface area contributed by atoms with Crippen LogP contribution >= 0.6 is 11.3 Å². The number of hydrogen-bond acceptors (Lipinski definition) is 6. The smallest absolute Gasteiger partial charge is 0.263 e. The Hall–Kier alpha value is -3.38. The zero-order valence-electron chi connectivity index (χ0n) is 15.7. The molecule has 2 heterocycles. The fourth-order valence-corrected chi connectivity index (χ4v) is 4.55. The average molecular weight is 466 g/mol. The molecule has 0 aliphatic rings. The second kappa shape index (κ2) is 8.04. The fourth-order valence-electron chi connectivity index (χ4n) is 2.75. The minimum atomic E-state index is -4.19. The number of rotatable bonds is 6. The van der Waals surface area contributed by atoms with E-state index in [1.165, 1.54) is 23.0 Å². The largest absolute Gasteiger partial charge is 0.454 e. The number of ether oxygens (including phenoxy) is 1. The van der Waals surface area contributed by atoms with Crippen molar-refractivity contribution >= 4 is 26.5 Å². The summed E-state index contributed by atoms with van der Waals surface area (Å²) in [6, 6.07) is 8.36. The topological polar surface area (TPSA) is 86.1 Å². The van der Waals surface area contributed by atoms with E-state index in [9.17, 15) is 21.6 Å². The number of sulfonamides is 1. The number of anilines is 1. The molecule has 0 bridgehead atoms. The quantitative estimate of drug-likeness (QED) is 0.451. The van der Waals surface area contributed by atoms with Gasteiger partial charge in [0.15, 0.2) is 21.8 Å². The van der Waals surface area contributed by atoms with Crippen LogP contribution in [0, 0.1) is 16.8 Å². The second-order valence-corrected chi connectivity index (χ2v) is 8.91. The van der Waals surface area contributed by atoms with Gasteiger partial charge in [0.25, 0.3) is 10.0 Å². The third-order valence-corrected chi connectivity index (χ3v) is 6.34. The zero-order chi connectivity index (χ0) is 22.2. The number of nitrogens with zero attached hydrogens (tertiary/aromatic N) is 3. The summed E-state index contributed by atoms with van der Waals surface area (Å²) in [6.07, 6.45) is 2.38. The van der Waals surface area contributed by atoms with Gasteiger partial charge in [-0.3, -0.25) is 9.40 Å². The predicted octanol–water partition coefficient (Wildman–Crippen LogP) is 4.55. The molecular weight excluding hydrogens is 453 g/mol. The lowest BCUT2D eigenvalue weighted by atomic mass is 10.1. The molecular formula is C19H13F3N4O3S2. The van der Waals surface area contributed by atoms with Crippen LogP contribution in [0.5, 0.6) is 11.5 Å². The highest BCUT2D eigenvalue weighted by molar-refractivity contribution is 7.93. The van der Waals surface area contributed by atoms with Crippen molar-refractivity contribution in [3.63, 3.8) is 0 Å². The number of benzene rings is 2. The first kappa shape index (κ1) is 20.9. The van der Waals surface area contributed by atoms with Crippen LogP contribution in [-0.2, 0) is 17.1 Å². The molecule has 4 aromatic rings. The molecule has 0 unspecified atom stereocenters. The Morgan fingerprint density at radius 3 is 2.48 bits per heavy atom. The highest BCUT2D eigenvalue weighted by atomic mass is 32.2. The number of nitrogens with one attached hydrogen (secondary N) is 1. The molecule has 160 valence electrons. The number of thiazole rings is 1. The van der Waals surface area contributed by atoms with Gasteiger partial charge in [-0.1, -0.05) is 11.3 Å². The minimum absolute atomic E-state index is 0.149. The first-order valence-corrected chi connectivity index (χ1v) is 10.9. The minimum Gasteiger partial charge on any atom is -0.454 e. The maximum atomic E-state index is 14.7. The Morgan fingerprint density at radius 1 is 1.06 bits per heavy atom. The molecule has 0 fully saturated rings. The molecule has 0 spiro atoms. The van der Waals surface area contributed by atoms with Gasteiger partial charge < -0.3 is 4.74 Å². The summed E-state index contributed by atoms with van der Waals surface area (Å²) in [6.45, 7) is 0. The highest BCUT2D eigenvalue weighted by Crippen LogP contribution is 2.35. The molecule has 0 saturated carbocycles. The van der Waals surface area contributed by atoms with E-state index in [2.05, 4.69) is 14.8 Å². The van der Waals surface area contributed by atoms with Crippen molar-refractivity contribution in [1.82, 2.24) is 14.8 Å². The van der Waals surface area contributed by atoms with Gasteiger partial charge in [-0.2, -0.15) is 9.49 Å². The molecule has 0 aliphatic carbocycles. The van der Waals surface area contributed by atoms with E-state index in [4.69, 9.17) is 4.74 Å². The van der Waals surface area contributed by atoms with Crippen LogP contribution < -0.4 is 9.46 Å². The Kier molecular flexibility index (Phi) is 5.41. The van der Waals surface area contributed by atoms with Crippen LogP contribution in [0.4, 0.5) is 18.3 Å². The number of aryl methyl sites for hydroxylation is 1. The summed E-state index contributed by atoms with van der Waals surface area (Å²) in [5.41, 5.74) is 0.873. The zero-order valence-corrected chi connectivity index (χ0v) is 17.3. The van der Waals surface area contributed by atoms with Crippen molar-refractivity contribution < 1.29 is 26.3 Å². The van der Waals surface area contributed by atoms with E-state index in [-0.39, 0.29) is 16.6 Å². The van der Waals surface area contributed by atoms with E-state index < -0.39 is 31.7 Å². The third-order valence-electron chi connectivity index (χ3n) is 4.17. The van der Waals surface area contributed by atoms with Crippen LogP contribution in [-0.4, -0.2) is 23.2 Å². The van der Waals surface area contributed by atoms with Crippen LogP contribution in [0.15, 0.2) is 59.8 Å². The SMILES string of the molecule is Cn1nccc1-c1cc(F)ccc1Oc1ccc(S(=O)(=O)Nc2ncc(F)s2)cc1F. The number of hydrogen-bond donors (Lipinski definition) is 1. The summed E-state index contributed by atoms with van der Waals surface area (Å²) in [7, 11) is -2.53. The van der Waals surface area contributed by atoms with Crippen molar-refractivity contribution in [3.8, 4) is 22.8 Å². The molecule has 0 saturated heterocycles. The van der Waals surface area contributed by atoms with Gasteiger partial charge in [-0.15, -0.1) is 0 Å². The molecule has 7 nitrogen and oxygen atoms in total. The van der Waals surface area contributed by atoms with Crippen LogP contribution in [0.3, 0.4) is 0 Å². The molecule has 0 amide bonds. The normalized spacial score (nSPS) is 11.5. The summed E-state index contributed by atoms with van der Waals surface area (Å²) in [4.78, 5) is 3.16. The van der Waals surface area contributed by atoms with Gasteiger partial charge in [0.05, 0.1) is 16.8 Å². The average Bonchev–Trinajstić information content (AvgIpc) is 3.32. The molecule has 1 N–H and O–H groups in total. The van der Waals surface area contributed by atoms with Gasteiger partial charge in [0.1, 0.15) is 11.6 Å². The third kappa shape index (κ3) is 4.39. The molecule has 4 rings (SSSR count). The molecule has 2 aromatic heterocycles. The molecule has 0 aliphatic heterocycles. The Morgan fingerprint density at radius 2 is 1.84 bits per heavy atom. The molecule has 0 radical (unpaired) electrons. The van der Waals surface area contributed by atoms with Crippen LogP contribution in [0.25, 0.3) is 11.3 Å². The van der Waals surface area contributed by atoms with E-state index in [0.717, 1.165) is 30.5 Å². The number of aromatic nitrogens is 3. The Balaban J connectivity index is 1.64. The van der Waals surface area contributed by atoms with E-state index in [1.807, 2.05) is 0 Å². The van der Waals surface area contributed by atoms with E-state index >= 15 is 0 Å². The van der Waals surface area contributed by atoms with Gasteiger partial charge in [-0.25, -0.2) is 22.2 Å². The van der Waals surface area contributed by atoms with E-state index in [1.54, 1.807) is 13.1 Å². The molecule has 31 heavy (non-hydrogen) atoms. The number of halogens is 3. The van der Waals surface area contributed by atoms with Crippen LogP contribution in [0.2, 0.25) is 0 Å². The van der Waals surface area contributed by atoms with Crippen molar-refractivity contribution in [3.05, 3.63) is 71.6 Å². The first-order valence-electron chi connectivity index (χ1n) is 8.62. The lowest BCUT2D eigenvalue weighted by Crippen LogP contribution is -2.13. The summed E-state index contributed by atoms with van der Waals surface area (Å²) in [5, 5.41) is 3.17. The molecule has 0 atom stereocenters. The van der Waals surface area contributed by atoms with Gasteiger partial charge >= 0.3 is 0 Å². The summed E-state index contributed by atoms with van der Waals surface area (Å²) < 4.78 is 75.4. The standard InChI is InChI=1S/C19H13F3N4O3S2/c1-26-15(6-7-24-26)13-8-11(20)2-4-16(13)29-17-5-3-12(9-14(17)21)31(27,28)25-19-23-10-18(22)30-19/h2-10H,1H3,(H,23,25).